The van der Waals surface area contributed by atoms with Gasteiger partial charge in [0, 0.05) is 22.1 Å². The van der Waals surface area contributed by atoms with Crippen molar-refractivity contribution in [3.05, 3.63) is 28.2 Å². The van der Waals surface area contributed by atoms with Crippen molar-refractivity contribution in [3.8, 4) is 0 Å². The van der Waals surface area contributed by atoms with E-state index in [1.54, 1.807) is 0 Å². The Hall–Kier alpha value is -0.540. The number of hydrogen-bond acceptors (Lipinski definition) is 2. The molecule has 2 nitrogen and oxygen atoms in total. The Balaban J connectivity index is 2.02. The lowest BCUT2D eigenvalue weighted by Crippen LogP contribution is -2.42. The summed E-state index contributed by atoms with van der Waals surface area (Å²) >= 11 is 3.72. The second-order valence-corrected chi connectivity index (χ2v) is 5.95. The number of piperidine rings is 1. The van der Waals surface area contributed by atoms with E-state index in [9.17, 15) is 0 Å². The second kappa shape index (κ2) is 3.74. The monoisotopic (exact) mass is 280 g/mol. The first-order chi connectivity index (χ1) is 7.71. The highest BCUT2D eigenvalue weighted by molar-refractivity contribution is 9.10. The van der Waals surface area contributed by atoms with Crippen molar-refractivity contribution in [3.63, 3.8) is 0 Å². The number of fused-ring (bicyclic) bond motifs is 2. The second-order valence-electron chi connectivity index (χ2n) is 5.10. The van der Waals surface area contributed by atoms with E-state index in [1.165, 1.54) is 41.7 Å². The smallest absolute Gasteiger partial charge is 0.0390 e. The van der Waals surface area contributed by atoms with Gasteiger partial charge in [-0.05, 0) is 50.7 Å². The highest BCUT2D eigenvalue weighted by Gasteiger charge is 2.41. The fourth-order valence-corrected chi connectivity index (χ4v) is 3.82. The average Bonchev–Trinajstić information content (AvgIpc) is 2.64. The van der Waals surface area contributed by atoms with Crippen LogP contribution in [0.4, 0.5) is 5.69 Å². The van der Waals surface area contributed by atoms with Crippen LogP contribution in [0.3, 0.4) is 0 Å². The third-order valence-corrected chi connectivity index (χ3v) is 4.77. The molecule has 3 heteroatoms. The molecule has 1 aromatic carbocycles. The van der Waals surface area contributed by atoms with Gasteiger partial charge in [0.05, 0.1) is 0 Å². The van der Waals surface area contributed by atoms with Crippen LogP contribution in [0.1, 0.15) is 18.4 Å². The van der Waals surface area contributed by atoms with Crippen molar-refractivity contribution in [1.29, 1.82) is 0 Å². The molecule has 1 N–H and O–H groups in total. The van der Waals surface area contributed by atoms with Crippen LogP contribution in [0.2, 0.25) is 0 Å². The van der Waals surface area contributed by atoms with E-state index in [2.05, 4.69) is 51.4 Å². The molecule has 0 aliphatic carbocycles. The summed E-state index contributed by atoms with van der Waals surface area (Å²) in [6, 6.07) is 6.49. The lowest BCUT2D eigenvalue weighted by atomic mass is 9.74. The molecule has 0 radical (unpaired) electrons. The molecule has 0 unspecified atom stereocenters. The molecule has 0 saturated carbocycles. The van der Waals surface area contributed by atoms with Crippen molar-refractivity contribution in [1.82, 2.24) is 4.90 Å². The van der Waals surface area contributed by atoms with Gasteiger partial charge in [-0.3, -0.25) is 0 Å². The predicted octanol–water partition coefficient (Wildman–Crippen LogP) is 2.84. The highest BCUT2D eigenvalue weighted by Crippen LogP contribution is 2.46. The first-order valence-electron chi connectivity index (χ1n) is 5.93. The van der Waals surface area contributed by atoms with Crippen LogP contribution in [0.5, 0.6) is 0 Å². The standard InChI is InChI=1S/C13H17BrN2/c1-16-7-5-13(6-8-16)9-15-11-4-2-3-10(14)12(11)13/h2-4,15H,5-9H2,1H3. The molecule has 0 aromatic heterocycles. The number of halogens is 1. The van der Waals surface area contributed by atoms with E-state index in [0.29, 0.717) is 5.41 Å². The quantitative estimate of drug-likeness (QED) is 0.786. The largest absolute Gasteiger partial charge is 0.384 e. The van der Waals surface area contributed by atoms with Gasteiger partial charge >= 0.3 is 0 Å². The molecule has 2 heterocycles. The summed E-state index contributed by atoms with van der Waals surface area (Å²) in [5.74, 6) is 0. The summed E-state index contributed by atoms with van der Waals surface area (Å²) in [4.78, 5) is 2.43. The zero-order chi connectivity index (χ0) is 11.2. The Bertz CT molecular complexity index is 408. The molecule has 0 amide bonds. The molecule has 1 spiro atoms. The third-order valence-electron chi connectivity index (χ3n) is 4.11. The van der Waals surface area contributed by atoms with E-state index in [0.717, 1.165) is 6.54 Å². The maximum absolute atomic E-state index is 3.72. The fourth-order valence-electron chi connectivity index (χ4n) is 3.04. The fraction of sp³-hybridized carbons (Fsp3) is 0.538. The van der Waals surface area contributed by atoms with E-state index in [4.69, 9.17) is 0 Å². The molecule has 0 bridgehead atoms. The summed E-state index contributed by atoms with van der Waals surface area (Å²) in [5.41, 5.74) is 3.23. The minimum absolute atomic E-state index is 0.377. The van der Waals surface area contributed by atoms with E-state index >= 15 is 0 Å². The summed E-state index contributed by atoms with van der Waals surface area (Å²) in [7, 11) is 2.22. The van der Waals surface area contributed by atoms with E-state index in [-0.39, 0.29) is 0 Å². The zero-order valence-electron chi connectivity index (χ0n) is 9.59. The SMILES string of the molecule is CN1CCC2(CC1)CNc1cccc(Br)c12. The van der Waals surface area contributed by atoms with Gasteiger partial charge in [0.2, 0.25) is 0 Å². The van der Waals surface area contributed by atoms with Gasteiger partial charge in [0.1, 0.15) is 0 Å². The highest BCUT2D eigenvalue weighted by atomic mass is 79.9. The number of likely N-dealkylation sites (tertiary alicyclic amines) is 1. The Morgan fingerprint density at radius 2 is 2.06 bits per heavy atom. The van der Waals surface area contributed by atoms with E-state index in [1.807, 2.05) is 0 Å². The number of rotatable bonds is 0. The molecule has 0 atom stereocenters. The number of nitrogens with zero attached hydrogens (tertiary/aromatic N) is 1. The summed E-state index contributed by atoms with van der Waals surface area (Å²) in [5, 5.41) is 3.57. The maximum Gasteiger partial charge on any atom is 0.0390 e. The maximum atomic E-state index is 3.72. The van der Waals surface area contributed by atoms with Gasteiger partial charge in [-0.25, -0.2) is 0 Å². The van der Waals surface area contributed by atoms with Crippen molar-refractivity contribution >= 4 is 21.6 Å². The molecule has 16 heavy (non-hydrogen) atoms. The first-order valence-corrected chi connectivity index (χ1v) is 6.72. The molecule has 2 aliphatic rings. The van der Waals surface area contributed by atoms with Gasteiger partial charge in [-0.15, -0.1) is 0 Å². The topological polar surface area (TPSA) is 15.3 Å². The van der Waals surface area contributed by atoms with Gasteiger partial charge in [0.25, 0.3) is 0 Å². The molecule has 1 aromatic rings. The number of hydrogen-bond donors (Lipinski definition) is 1. The van der Waals surface area contributed by atoms with Gasteiger partial charge in [-0.1, -0.05) is 22.0 Å². The Labute approximate surface area is 105 Å². The Morgan fingerprint density at radius 1 is 1.31 bits per heavy atom. The average molecular weight is 281 g/mol. The molecule has 2 aliphatic heterocycles. The van der Waals surface area contributed by atoms with Crippen LogP contribution in [-0.2, 0) is 5.41 Å². The van der Waals surface area contributed by atoms with Gasteiger partial charge in [0.15, 0.2) is 0 Å². The van der Waals surface area contributed by atoms with Crippen molar-refractivity contribution < 1.29 is 0 Å². The Kier molecular flexibility index (Phi) is 2.48. The van der Waals surface area contributed by atoms with Crippen LogP contribution in [-0.4, -0.2) is 31.6 Å². The molecule has 86 valence electrons. The van der Waals surface area contributed by atoms with Crippen LogP contribution in [0.15, 0.2) is 22.7 Å². The molecule has 1 fully saturated rings. The number of anilines is 1. The molecule has 3 rings (SSSR count). The summed E-state index contributed by atoms with van der Waals surface area (Å²) in [6.07, 6.45) is 2.54. The third kappa shape index (κ3) is 1.49. The molecular formula is C13H17BrN2. The van der Waals surface area contributed by atoms with Crippen LogP contribution in [0, 0.1) is 0 Å². The normalized spacial score (nSPS) is 23.1. The van der Waals surface area contributed by atoms with Crippen LogP contribution in [0.25, 0.3) is 0 Å². The van der Waals surface area contributed by atoms with Gasteiger partial charge in [-0.2, -0.15) is 0 Å². The molecular weight excluding hydrogens is 264 g/mol. The molecule has 1 saturated heterocycles. The first kappa shape index (κ1) is 10.6. The predicted molar refractivity (Wildman–Crippen MR) is 71.0 cm³/mol. The number of nitrogens with one attached hydrogen (secondary N) is 1. The lowest BCUT2D eigenvalue weighted by Gasteiger charge is -2.38. The zero-order valence-corrected chi connectivity index (χ0v) is 11.2. The van der Waals surface area contributed by atoms with Crippen molar-refractivity contribution in [2.75, 3.05) is 32.0 Å². The van der Waals surface area contributed by atoms with Crippen LogP contribution >= 0.6 is 15.9 Å². The summed E-state index contributed by atoms with van der Waals surface area (Å²) < 4.78 is 1.28. The Morgan fingerprint density at radius 3 is 2.81 bits per heavy atom. The summed E-state index contributed by atoms with van der Waals surface area (Å²) in [6.45, 7) is 3.53. The van der Waals surface area contributed by atoms with Crippen molar-refractivity contribution in [2.24, 2.45) is 0 Å². The number of benzene rings is 1. The van der Waals surface area contributed by atoms with E-state index < -0.39 is 0 Å². The lowest BCUT2D eigenvalue weighted by molar-refractivity contribution is 0.200. The van der Waals surface area contributed by atoms with Gasteiger partial charge < -0.3 is 10.2 Å². The minimum atomic E-state index is 0.377. The van der Waals surface area contributed by atoms with Crippen molar-refractivity contribution in [2.45, 2.75) is 18.3 Å². The minimum Gasteiger partial charge on any atom is -0.384 e. The van der Waals surface area contributed by atoms with Crippen LogP contribution < -0.4 is 5.32 Å².